The van der Waals surface area contributed by atoms with Crippen LogP contribution in [0.15, 0.2) is 42.5 Å². The summed E-state index contributed by atoms with van der Waals surface area (Å²) >= 11 is 6.02. The third-order valence-corrected chi connectivity index (χ3v) is 7.38. The molecule has 1 aliphatic rings. The number of carbonyl (C=O) groups is 2. The van der Waals surface area contributed by atoms with Crippen LogP contribution in [-0.4, -0.2) is 44.8 Å². The van der Waals surface area contributed by atoms with Crippen LogP contribution in [0.3, 0.4) is 0 Å². The Kier molecular flexibility index (Phi) is 6.94. The number of hydroxylamine groups is 2. The van der Waals surface area contributed by atoms with Crippen LogP contribution in [0.25, 0.3) is 10.9 Å². The van der Waals surface area contributed by atoms with Crippen LogP contribution in [0.1, 0.15) is 74.7 Å². The first-order chi connectivity index (χ1) is 16.9. The number of fused-ring (bicyclic) bond motifs is 1. The number of methoxy groups -OCH3 is 1. The van der Waals surface area contributed by atoms with E-state index in [9.17, 15) is 14.7 Å². The molecule has 1 unspecified atom stereocenters. The van der Waals surface area contributed by atoms with Crippen molar-refractivity contribution in [3.8, 4) is 5.75 Å². The van der Waals surface area contributed by atoms with E-state index in [1.54, 1.807) is 61.1 Å². The van der Waals surface area contributed by atoms with Gasteiger partial charge in [0.2, 0.25) is 6.10 Å². The number of carbonyl (C=O) groups excluding carboxylic acids is 1. The van der Waals surface area contributed by atoms with E-state index in [0.717, 1.165) is 19.3 Å². The fourth-order valence-corrected chi connectivity index (χ4v) is 5.58. The zero-order valence-electron chi connectivity index (χ0n) is 21.6. The minimum Gasteiger partial charge on any atom is -0.497 e. The summed E-state index contributed by atoms with van der Waals surface area (Å²) in [4.78, 5) is 32.8. The highest BCUT2D eigenvalue weighted by molar-refractivity contribution is 6.30. The molecule has 0 radical (unpaired) electrons. The molecule has 0 aliphatic carbocycles. The largest absolute Gasteiger partial charge is 0.497 e. The standard InChI is InChI=1S/C28H33ClN2O5/c1-17-23(24(26(33)34)36-31-27(2,3)14-7-15-28(31,4)5)21-16-20(35-6)12-13-22(21)30(17)25(32)18-8-10-19(29)11-9-18/h8-13,16,24H,7,14-15H2,1-6H3,(H,33,34). The van der Waals surface area contributed by atoms with E-state index in [2.05, 4.69) is 27.7 Å². The van der Waals surface area contributed by atoms with E-state index < -0.39 is 12.1 Å². The first-order valence-electron chi connectivity index (χ1n) is 12.1. The topological polar surface area (TPSA) is 81.0 Å². The molecule has 1 aliphatic heterocycles. The monoisotopic (exact) mass is 512 g/mol. The Labute approximate surface area is 216 Å². The minimum atomic E-state index is -1.32. The van der Waals surface area contributed by atoms with Crippen molar-refractivity contribution in [1.29, 1.82) is 0 Å². The predicted molar refractivity (Wildman–Crippen MR) is 140 cm³/mol. The van der Waals surface area contributed by atoms with Crippen molar-refractivity contribution in [2.24, 2.45) is 0 Å². The summed E-state index contributed by atoms with van der Waals surface area (Å²) in [6.45, 7) is 10.0. The lowest BCUT2D eigenvalue weighted by atomic mass is 9.82. The van der Waals surface area contributed by atoms with E-state index in [-0.39, 0.29) is 17.0 Å². The van der Waals surface area contributed by atoms with Crippen LogP contribution in [-0.2, 0) is 9.63 Å². The van der Waals surface area contributed by atoms with Gasteiger partial charge in [0, 0.05) is 38.3 Å². The van der Waals surface area contributed by atoms with Gasteiger partial charge in [-0.25, -0.2) is 4.79 Å². The molecule has 2 aromatic carbocycles. The SMILES string of the molecule is COc1ccc2c(c1)c(C(ON1C(C)(C)CCCC1(C)C)C(=O)O)c(C)n2C(=O)c1ccc(Cl)cc1. The van der Waals surface area contributed by atoms with Crippen LogP contribution in [0.2, 0.25) is 5.02 Å². The second kappa shape index (κ2) is 9.54. The van der Waals surface area contributed by atoms with Gasteiger partial charge in [0.1, 0.15) is 5.75 Å². The number of carboxylic acids is 1. The van der Waals surface area contributed by atoms with Crippen LogP contribution in [0.5, 0.6) is 5.75 Å². The second-order valence-electron chi connectivity index (χ2n) is 10.6. The maximum atomic E-state index is 13.6. The zero-order valence-corrected chi connectivity index (χ0v) is 22.3. The highest BCUT2D eigenvalue weighted by Crippen LogP contribution is 2.43. The number of piperidine rings is 1. The smallest absolute Gasteiger partial charge is 0.339 e. The van der Waals surface area contributed by atoms with Crippen molar-refractivity contribution in [2.75, 3.05) is 7.11 Å². The Morgan fingerprint density at radius 2 is 1.64 bits per heavy atom. The number of benzene rings is 2. The van der Waals surface area contributed by atoms with Gasteiger partial charge in [-0.2, -0.15) is 5.06 Å². The molecule has 0 amide bonds. The number of halogens is 1. The Morgan fingerprint density at radius 1 is 1.03 bits per heavy atom. The number of rotatable bonds is 6. The maximum Gasteiger partial charge on any atom is 0.339 e. The van der Waals surface area contributed by atoms with Crippen LogP contribution in [0, 0.1) is 6.92 Å². The minimum absolute atomic E-state index is 0.284. The van der Waals surface area contributed by atoms with Crippen molar-refractivity contribution in [3.05, 3.63) is 64.3 Å². The molecule has 1 aromatic heterocycles. The van der Waals surface area contributed by atoms with Crippen molar-refractivity contribution < 1.29 is 24.3 Å². The lowest BCUT2D eigenvalue weighted by molar-refractivity contribution is -0.304. The number of carboxylic acid groups (broad SMARTS) is 1. The molecule has 1 saturated heterocycles. The van der Waals surface area contributed by atoms with Crippen LogP contribution < -0.4 is 4.74 Å². The van der Waals surface area contributed by atoms with Gasteiger partial charge in [0.05, 0.1) is 12.6 Å². The van der Waals surface area contributed by atoms with E-state index >= 15 is 0 Å². The van der Waals surface area contributed by atoms with Crippen molar-refractivity contribution in [1.82, 2.24) is 9.63 Å². The highest BCUT2D eigenvalue weighted by atomic mass is 35.5. The normalized spacial score (nSPS) is 18.2. The number of ether oxygens (including phenoxy) is 1. The van der Waals surface area contributed by atoms with Gasteiger partial charge >= 0.3 is 5.97 Å². The third-order valence-electron chi connectivity index (χ3n) is 7.13. The van der Waals surface area contributed by atoms with Gasteiger partial charge in [-0.1, -0.05) is 11.6 Å². The van der Waals surface area contributed by atoms with E-state index in [0.29, 0.717) is 38.5 Å². The van der Waals surface area contributed by atoms with Gasteiger partial charge < -0.3 is 9.84 Å². The maximum absolute atomic E-state index is 13.6. The fraction of sp³-hybridized carbons (Fsp3) is 0.429. The quantitative estimate of drug-likeness (QED) is 0.411. The molecule has 1 fully saturated rings. The molecule has 0 saturated carbocycles. The number of hydrogen-bond acceptors (Lipinski definition) is 5. The van der Waals surface area contributed by atoms with E-state index in [4.69, 9.17) is 21.2 Å². The molecule has 7 nitrogen and oxygen atoms in total. The number of aromatic nitrogens is 1. The van der Waals surface area contributed by atoms with Gasteiger partial charge in [-0.15, -0.1) is 0 Å². The summed E-state index contributed by atoms with van der Waals surface area (Å²) in [5.41, 5.74) is 1.22. The summed E-state index contributed by atoms with van der Waals surface area (Å²) in [5.74, 6) is -0.855. The van der Waals surface area contributed by atoms with Gasteiger partial charge in [0.15, 0.2) is 0 Å². The average molecular weight is 513 g/mol. The lowest BCUT2D eigenvalue weighted by Gasteiger charge is -2.52. The van der Waals surface area contributed by atoms with E-state index in [1.165, 1.54) is 0 Å². The van der Waals surface area contributed by atoms with Gasteiger partial charge in [-0.05, 0) is 96.3 Å². The van der Waals surface area contributed by atoms with Crippen molar-refractivity contribution in [2.45, 2.75) is 71.1 Å². The van der Waals surface area contributed by atoms with Crippen molar-refractivity contribution in [3.63, 3.8) is 0 Å². The Hall–Kier alpha value is -2.87. The molecule has 1 atom stereocenters. The Balaban J connectivity index is 1.91. The number of aliphatic carboxylic acids is 1. The lowest BCUT2D eigenvalue weighted by Crippen LogP contribution is -2.58. The average Bonchev–Trinajstić information content (AvgIpc) is 3.08. The summed E-state index contributed by atoms with van der Waals surface area (Å²) in [6, 6.07) is 11.9. The summed E-state index contributed by atoms with van der Waals surface area (Å²) in [5, 5.41) is 13.4. The molecule has 8 heteroatoms. The highest BCUT2D eigenvalue weighted by Gasteiger charge is 2.45. The predicted octanol–water partition coefficient (Wildman–Crippen LogP) is 6.40. The Morgan fingerprint density at radius 3 is 2.19 bits per heavy atom. The van der Waals surface area contributed by atoms with Gasteiger partial charge in [0.25, 0.3) is 5.91 Å². The summed E-state index contributed by atoms with van der Waals surface area (Å²) < 4.78 is 6.97. The molecular formula is C28H33ClN2O5. The first kappa shape index (κ1) is 26.2. The molecule has 4 rings (SSSR count). The number of hydrogen-bond donors (Lipinski definition) is 1. The molecule has 3 aromatic rings. The molecule has 0 bridgehead atoms. The molecule has 36 heavy (non-hydrogen) atoms. The molecule has 0 spiro atoms. The van der Waals surface area contributed by atoms with Crippen molar-refractivity contribution >= 4 is 34.4 Å². The molecule has 2 heterocycles. The van der Waals surface area contributed by atoms with Crippen LogP contribution in [0.4, 0.5) is 0 Å². The fourth-order valence-electron chi connectivity index (χ4n) is 5.45. The van der Waals surface area contributed by atoms with E-state index in [1.807, 2.05) is 5.06 Å². The Bertz CT molecular complexity index is 1290. The summed E-state index contributed by atoms with van der Waals surface area (Å²) in [7, 11) is 1.55. The zero-order chi connectivity index (χ0) is 26.4. The first-order valence-corrected chi connectivity index (χ1v) is 12.4. The van der Waals surface area contributed by atoms with Gasteiger partial charge in [-0.3, -0.25) is 14.2 Å². The number of nitrogens with zero attached hydrogens (tertiary/aromatic N) is 2. The van der Waals surface area contributed by atoms with Crippen LogP contribution >= 0.6 is 11.6 Å². The molecule has 1 N–H and O–H groups in total. The molecular weight excluding hydrogens is 480 g/mol. The summed E-state index contributed by atoms with van der Waals surface area (Å²) in [6.07, 6.45) is 1.47. The third kappa shape index (κ3) is 4.63. The second-order valence-corrected chi connectivity index (χ2v) is 11.1. The molecule has 192 valence electrons.